The summed E-state index contributed by atoms with van der Waals surface area (Å²) in [6.45, 7) is 17.2. The summed E-state index contributed by atoms with van der Waals surface area (Å²) in [5.41, 5.74) is 6.11. The topological polar surface area (TPSA) is 43.2 Å². The van der Waals surface area contributed by atoms with Crippen LogP contribution in [0.3, 0.4) is 0 Å². The minimum absolute atomic E-state index is 0.491. The molecular formula is C25H43N5. The van der Waals surface area contributed by atoms with E-state index in [0.29, 0.717) is 12.0 Å². The lowest BCUT2D eigenvalue weighted by Gasteiger charge is -2.32. The minimum Gasteiger partial charge on any atom is -0.309 e. The summed E-state index contributed by atoms with van der Waals surface area (Å²) in [6.07, 6.45) is 13.7. The molecule has 0 aromatic heterocycles. The number of hydrazone groups is 2. The van der Waals surface area contributed by atoms with Crippen LogP contribution < -0.4 is 5.32 Å². The molecule has 5 heteroatoms. The van der Waals surface area contributed by atoms with Crippen molar-refractivity contribution in [2.75, 3.05) is 33.2 Å². The first-order valence-electron chi connectivity index (χ1n) is 11.7. The predicted molar refractivity (Wildman–Crippen MR) is 131 cm³/mol. The Hall–Kier alpha value is -1.72. The van der Waals surface area contributed by atoms with E-state index in [2.05, 4.69) is 67.0 Å². The fourth-order valence-corrected chi connectivity index (χ4v) is 4.62. The quantitative estimate of drug-likeness (QED) is 0.428. The highest BCUT2D eigenvalue weighted by atomic mass is 15.6. The monoisotopic (exact) mass is 413 g/mol. The Kier molecular flexibility index (Phi) is 10.5. The minimum atomic E-state index is 0.491. The van der Waals surface area contributed by atoms with Crippen molar-refractivity contribution >= 4 is 12.9 Å². The molecule has 0 aromatic rings. The summed E-state index contributed by atoms with van der Waals surface area (Å²) in [4.78, 5) is 2.61. The molecule has 2 rings (SSSR count). The summed E-state index contributed by atoms with van der Waals surface area (Å²) in [7, 11) is 1.80. The maximum absolute atomic E-state index is 4.24. The summed E-state index contributed by atoms with van der Waals surface area (Å²) >= 11 is 0. The molecule has 1 saturated heterocycles. The highest BCUT2D eigenvalue weighted by Gasteiger charge is 2.22. The normalized spacial score (nSPS) is 22.8. The van der Waals surface area contributed by atoms with Gasteiger partial charge in [0.25, 0.3) is 0 Å². The number of rotatable bonds is 9. The van der Waals surface area contributed by atoms with E-state index in [0.717, 1.165) is 32.5 Å². The average molecular weight is 414 g/mol. The maximum Gasteiger partial charge on any atom is 0.0495 e. The molecule has 168 valence electrons. The molecule has 0 radical (unpaired) electrons. The summed E-state index contributed by atoms with van der Waals surface area (Å²) in [5.74, 6) is 0.586. The van der Waals surface area contributed by atoms with Gasteiger partial charge in [-0.1, -0.05) is 38.0 Å². The predicted octanol–water partition coefficient (Wildman–Crippen LogP) is 4.99. The zero-order valence-corrected chi connectivity index (χ0v) is 20.0. The van der Waals surface area contributed by atoms with E-state index < -0.39 is 0 Å². The van der Waals surface area contributed by atoms with Gasteiger partial charge in [-0.05, 0) is 75.1 Å². The Balaban J connectivity index is 1.90. The Labute approximate surface area is 184 Å². The largest absolute Gasteiger partial charge is 0.309 e. The molecule has 30 heavy (non-hydrogen) atoms. The second kappa shape index (κ2) is 12.9. The first kappa shape index (κ1) is 24.5. The molecule has 5 nitrogen and oxygen atoms in total. The van der Waals surface area contributed by atoms with Gasteiger partial charge in [0.1, 0.15) is 0 Å². The lowest BCUT2D eigenvalue weighted by atomic mass is 9.89. The van der Waals surface area contributed by atoms with Crippen LogP contribution in [0.1, 0.15) is 66.2 Å². The Morgan fingerprint density at radius 1 is 1.33 bits per heavy atom. The van der Waals surface area contributed by atoms with Crippen LogP contribution in [0.4, 0.5) is 0 Å². The van der Waals surface area contributed by atoms with E-state index in [-0.39, 0.29) is 0 Å². The van der Waals surface area contributed by atoms with Crippen LogP contribution in [0.5, 0.6) is 0 Å². The van der Waals surface area contributed by atoms with Crippen molar-refractivity contribution in [2.45, 2.75) is 72.3 Å². The van der Waals surface area contributed by atoms with E-state index in [1.54, 1.807) is 18.2 Å². The lowest BCUT2D eigenvalue weighted by molar-refractivity contribution is 0.218. The number of nitrogens with zero attached hydrogens (tertiary/aromatic N) is 4. The van der Waals surface area contributed by atoms with Gasteiger partial charge in [-0.3, -0.25) is 0 Å². The average Bonchev–Trinajstić information content (AvgIpc) is 2.83. The molecule has 1 unspecified atom stereocenters. The van der Waals surface area contributed by atoms with Crippen LogP contribution in [-0.4, -0.2) is 62.2 Å². The molecule has 1 heterocycles. The van der Waals surface area contributed by atoms with Crippen LogP contribution in [0.15, 0.2) is 44.6 Å². The first-order chi connectivity index (χ1) is 14.5. The molecule has 1 fully saturated rings. The van der Waals surface area contributed by atoms with Crippen molar-refractivity contribution in [1.82, 2.24) is 15.3 Å². The molecule has 0 spiro atoms. The van der Waals surface area contributed by atoms with Crippen LogP contribution in [0.25, 0.3) is 0 Å². The van der Waals surface area contributed by atoms with Gasteiger partial charge >= 0.3 is 0 Å². The third kappa shape index (κ3) is 7.51. The summed E-state index contributed by atoms with van der Waals surface area (Å²) < 4.78 is 0. The molecule has 2 atom stereocenters. The summed E-state index contributed by atoms with van der Waals surface area (Å²) in [5, 5.41) is 13.4. The molecule has 1 aliphatic carbocycles. The van der Waals surface area contributed by atoms with Gasteiger partial charge < -0.3 is 10.2 Å². The third-order valence-electron chi connectivity index (χ3n) is 6.32. The molecular weight excluding hydrogens is 370 g/mol. The Bertz CT molecular complexity index is 663. The highest BCUT2D eigenvalue weighted by Crippen LogP contribution is 2.31. The van der Waals surface area contributed by atoms with E-state index in [1.165, 1.54) is 48.5 Å². The van der Waals surface area contributed by atoms with Crippen LogP contribution in [0.2, 0.25) is 0 Å². The van der Waals surface area contributed by atoms with Gasteiger partial charge in [-0.2, -0.15) is 15.3 Å². The van der Waals surface area contributed by atoms with Gasteiger partial charge in [-0.15, -0.1) is 0 Å². The Morgan fingerprint density at radius 2 is 2.13 bits per heavy atom. The van der Waals surface area contributed by atoms with Crippen molar-refractivity contribution in [1.29, 1.82) is 0 Å². The standard InChI is InChI=1S/C25H43N5/c1-7-10-23-21(3)11-8-12-24(22(23)4)25-13-9-17-30(18-16-27-25)19-20(2)14-15-28-29(6)26-5/h11-12,15,20,25,27H,5,7-10,13-14,16-19H2,1-4,6H3/b28-15-/t20?,25-/m0/s1. The van der Waals surface area contributed by atoms with Crippen molar-refractivity contribution in [3.63, 3.8) is 0 Å². The first-order valence-corrected chi connectivity index (χ1v) is 11.7. The zero-order chi connectivity index (χ0) is 21.9. The number of hydrogen-bond acceptors (Lipinski definition) is 5. The van der Waals surface area contributed by atoms with Crippen molar-refractivity contribution in [2.24, 2.45) is 16.1 Å². The van der Waals surface area contributed by atoms with E-state index in [4.69, 9.17) is 0 Å². The second-order valence-electron chi connectivity index (χ2n) is 8.86. The van der Waals surface area contributed by atoms with Crippen LogP contribution in [-0.2, 0) is 0 Å². The van der Waals surface area contributed by atoms with E-state index in [1.807, 2.05) is 6.21 Å². The highest BCUT2D eigenvalue weighted by molar-refractivity contribution is 5.57. The molecule has 2 aliphatic rings. The molecule has 0 aromatic carbocycles. The van der Waals surface area contributed by atoms with Gasteiger partial charge in [0.15, 0.2) is 0 Å². The van der Waals surface area contributed by atoms with Crippen molar-refractivity contribution < 1.29 is 0 Å². The maximum atomic E-state index is 4.24. The van der Waals surface area contributed by atoms with Gasteiger partial charge in [0.05, 0.1) is 0 Å². The third-order valence-corrected chi connectivity index (χ3v) is 6.32. The van der Waals surface area contributed by atoms with Crippen LogP contribution in [0, 0.1) is 5.92 Å². The molecule has 0 amide bonds. The van der Waals surface area contributed by atoms with Crippen molar-refractivity contribution in [3.05, 3.63) is 34.4 Å². The number of nitrogens with one attached hydrogen (secondary N) is 1. The second-order valence-corrected chi connectivity index (χ2v) is 8.86. The summed E-state index contributed by atoms with van der Waals surface area (Å²) in [6, 6.07) is 0.491. The van der Waals surface area contributed by atoms with Crippen LogP contribution >= 0.6 is 0 Å². The van der Waals surface area contributed by atoms with Gasteiger partial charge in [0, 0.05) is 45.7 Å². The van der Waals surface area contributed by atoms with E-state index in [9.17, 15) is 0 Å². The molecule has 0 saturated carbocycles. The smallest absolute Gasteiger partial charge is 0.0495 e. The lowest BCUT2D eigenvalue weighted by Crippen LogP contribution is -2.43. The number of hydrogen-bond donors (Lipinski definition) is 1. The molecule has 1 N–H and O–H groups in total. The molecule has 0 bridgehead atoms. The zero-order valence-electron chi connectivity index (χ0n) is 20.0. The van der Waals surface area contributed by atoms with Gasteiger partial charge in [-0.25, -0.2) is 0 Å². The fraction of sp³-hybridized carbons (Fsp3) is 0.680. The Morgan fingerprint density at radius 3 is 2.87 bits per heavy atom. The van der Waals surface area contributed by atoms with Crippen molar-refractivity contribution in [3.8, 4) is 0 Å². The number of allylic oxidation sites excluding steroid dienone is 4. The van der Waals surface area contributed by atoms with Gasteiger partial charge in [0.2, 0.25) is 0 Å². The van der Waals surface area contributed by atoms with E-state index >= 15 is 0 Å². The SMILES string of the molecule is C=NN(C)/N=C\CC(C)CN1CCC[C@@H](C2=CCC=C(C)C(CCC)=C2C)NCC1. The fourth-order valence-electron chi connectivity index (χ4n) is 4.62. The molecule has 1 aliphatic heterocycles.